The highest BCUT2D eigenvalue weighted by atomic mass is 79.9. The summed E-state index contributed by atoms with van der Waals surface area (Å²) >= 11 is 7.35. The monoisotopic (exact) mass is 587 g/mol. The highest BCUT2D eigenvalue weighted by Gasteiger charge is 2.18. The van der Waals surface area contributed by atoms with Gasteiger partial charge in [0.2, 0.25) is 0 Å². The van der Waals surface area contributed by atoms with Crippen molar-refractivity contribution in [2.24, 2.45) is 5.10 Å². The third-order valence-corrected chi connectivity index (χ3v) is 8.77. The first-order valence-electron chi connectivity index (χ1n) is 10.9. The van der Waals surface area contributed by atoms with Gasteiger partial charge in [0.15, 0.2) is 6.61 Å². The minimum Gasteiger partial charge on any atom is -0.488 e. The first kappa shape index (κ1) is 26.1. The molecule has 11 heteroatoms. The van der Waals surface area contributed by atoms with Gasteiger partial charge in [-0.1, -0.05) is 12.1 Å². The Morgan fingerprint density at radius 3 is 2.47 bits per heavy atom. The van der Waals surface area contributed by atoms with E-state index in [0.29, 0.717) is 20.6 Å². The Kier molecular flexibility index (Phi) is 9.26. The van der Waals surface area contributed by atoms with E-state index in [1.54, 1.807) is 30.3 Å². The van der Waals surface area contributed by atoms with Crippen molar-refractivity contribution in [1.29, 1.82) is 0 Å². The van der Waals surface area contributed by atoms with Gasteiger partial charge in [0, 0.05) is 23.6 Å². The van der Waals surface area contributed by atoms with Crippen molar-refractivity contribution in [1.82, 2.24) is 5.43 Å². The summed E-state index contributed by atoms with van der Waals surface area (Å²) in [6.07, 6.45) is 1.52. The van der Waals surface area contributed by atoms with E-state index in [0.717, 1.165) is 11.1 Å². The zero-order valence-electron chi connectivity index (χ0n) is 19.0. The number of hydrogen-bond acceptors (Lipinski definition) is 8. The van der Waals surface area contributed by atoms with Crippen LogP contribution in [0.1, 0.15) is 21.3 Å². The molecular weight excluding hydrogens is 566 g/mol. The molecule has 0 atom stereocenters. The fraction of sp³-hybridized carbons (Fsp3) is 0.200. The number of non-ortho nitro benzene ring substituents is 1. The lowest BCUT2D eigenvalue weighted by Crippen LogP contribution is -2.24. The number of nitro groups is 1. The second-order valence-corrected chi connectivity index (χ2v) is 11.2. The number of nitro benzene ring substituents is 1. The van der Waals surface area contributed by atoms with E-state index in [-0.39, 0.29) is 24.8 Å². The van der Waals surface area contributed by atoms with Gasteiger partial charge in [-0.15, -0.1) is 23.5 Å². The van der Waals surface area contributed by atoms with Gasteiger partial charge in [-0.05, 0) is 75.1 Å². The number of nitrogens with zero attached hydrogens (tertiary/aromatic N) is 2. The molecule has 8 nitrogen and oxygen atoms in total. The van der Waals surface area contributed by atoms with Crippen LogP contribution in [0.5, 0.6) is 11.5 Å². The fourth-order valence-electron chi connectivity index (χ4n) is 3.22. The van der Waals surface area contributed by atoms with Crippen LogP contribution in [-0.4, -0.2) is 35.2 Å². The number of hydrogen-bond donors (Lipinski definition) is 1. The Bertz CT molecular complexity index is 1230. The molecule has 0 radical (unpaired) electrons. The number of rotatable bonds is 10. The highest BCUT2D eigenvalue weighted by molar-refractivity contribution is 9.10. The number of carbonyl (C=O) groups excluding carboxylic acids is 1. The second kappa shape index (κ2) is 12.8. The lowest BCUT2D eigenvalue weighted by molar-refractivity contribution is -0.384. The molecule has 0 unspecified atom stereocenters. The van der Waals surface area contributed by atoms with E-state index in [2.05, 4.69) is 26.5 Å². The largest absolute Gasteiger partial charge is 0.488 e. The van der Waals surface area contributed by atoms with Crippen molar-refractivity contribution in [3.63, 3.8) is 0 Å². The molecule has 1 saturated heterocycles. The molecule has 0 aliphatic carbocycles. The van der Waals surface area contributed by atoms with E-state index in [1.165, 1.54) is 35.4 Å². The summed E-state index contributed by atoms with van der Waals surface area (Å²) in [6.45, 7) is 0.129. The second-order valence-electron chi connectivity index (χ2n) is 7.63. The van der Waals surface area contributed by atoms with E-state index in [4.69, 9.17) is 9.47 Å². The fourth-order valence-corrected chi connectivity index (χ4v) is 6.59. The van der Waals surface area contributed by atoms with Crippen LogP contribution >= 0.6 is 39.5 Å². The number of hydrazone groups is 1. The lowest BCUT2D eigenvalue weighted by Gasteiger charge is -2.10. The predicted molar refractivity (Wildman–Crippen MR) is 147 cm³/mol. The smallest absolute Gasteiger partial charge is 0.277 e. The van der Waals surface area contributed by atoms with E-state index in [9.17, 15) is 14.9 Å². The number of nitrogens with one attached hydrogen (secondary N) is 1. The molecule has 1 N–H and O–H groups in total. The molecule has 0 aromatic heterocycles. The molecule has 1 fully saturated rings. The van der Waals surface area contributed by atoms with Gasteiger partial charge in [-0.25, -0.2) is 5.43 Å². The standard InChI is InChI=1S/C25H22BrN3O5S2/c26-22-13-18(3-10-23(22)34-15-17-1-6-20(7-2-17)29(31)32)14-27-28-24(30)16-33-21-8-4-19(5-9-21)25-35-11-12-36-25/h1-10,13-14,25H,11-12,15-16H2,(H,28,30)/b27-14-. The molecule has 1 aliphatic heterocycles. The Morgan fingerprint density at radius 1 is 1.08 bits per heavy atom. The topological polar surface area (TPSA) is 103 Å². The maximum absolute atomic E-state index is 12.1. The van der Waals surface area contributed by atoms with Gasteiger partial charge in [-0.3, -0.25) is 14.9 Å². The van der Waals surface area contributed by atoms with E-state index in [1.807, 2.05) is 47.8 Å². The third kappa shape index (κ3) is 7.49. The van der Waals surface area contributed by atoms with E-state index < -0.39 is 4.92 Å². The van der Waals surface area contributed by atoms with Gasteiger partial charge >= 0.3 is 0 Å². The van der Waals surface area contributed by atoms with Crippen LogP contribution in [0.25, 0.3) is 0 Å². The van der Waals surface area contributed by atoms with Crippen molar-refractivity contribution in [2.75, 3.05) is 18.1 Å². The average molecular weight is 589 g/mol. The van der Waals surface area contributed by atoms with Crippen molar-refractivity contribution < 1.29 is 19.2 Å². The molecule has 1 aliphatic rings. The van der Waals surface area contributed by atoms with Crippen LogP contribution in [0.2, 0.25) is 0 Å². The van der Waals surface area contributed by atoms with Gasteiger partial charge in [0.1, 0.15) is 18.1 Å². The first-order valence-corrected chi connectivity index (χ1v) is 13.8. The molecule has 3 aromatic rings. The number of carbonyl (C=O) groups is 1. The van der Waals surface area contributed by atoms with Gasteiger partial charge in [-0.2, -0.15) is 5.10 Å². The normalized spacial score (nSPS) is 13.6. The van der Waals surface area contributed by atoms with Crippen LogP contribution in [-0.2, 0) is 11.4 Å². The summed E-state index contributed by atoms with van der Waals surface area (Å²) in [5.74, 6) is 3.23. The number of thioether (sulfide) groups is 2. The SMILES string of the molecule is O=C(COc1ccc(C2SCCS2)cc1)N/N=C\c1ccc(OCc2ccc([N+](=O)[O-])cc2)c(Br)c1. The van der Waals surface area contributed by atoms with Crippen LogP contribution in [0.3, 0.4) is 0 Å². The summed E-state index contributed by atoms with van der Waals surface area (Å²) in [5, 5.41) is 14.7. The predicted octanol–water partition coefficient (Wildman–Crippen LogP) is 5.94. The molecule has 186 valence electrons. The summed E-state index contributed by atoms with van der Waals surface area (Å²) in [5.41, 5.74) is 5.32. The van der Waals surface area contributed by atoms with Gasteiger partial charge in [0.25, 0.3) is 11.6 Å². The quantitative estimate of drug-likeness (QED) is 0.178. The maximum atomic E-state index is 12.1. The molecule has 0 saturated carbocycles. The Labute approximate surface area is 225 Å². The highest BCUT2D eigenvalue weighted by Crippen LogP contribution is 2.45. The van der Waals surface area contributed by atoms with Crippen molar-refractivity contribution in [2.45, 2.75) is 11.2 Å². The zero-order chi connectivity index (χ0) is 25.3. The summed E-state index contributed by atoms with van der Waals surface area (Å²) in [7, 11) is 0. The van der Waals surface area contributed by atoms with Gasteiger partial charge < -0.3 is 9.47 Å². The number of amides is 1. The zero-order valence-corrected chi connectivity index (χ0v) is 22.2. The first-order chi connectivity index (χ1) is 17.5. The Morgan fingerprint density at radius 2 is 1.81 bits per heavy atom. The number of ether oxygens (including phenoxy) is 2. The minimum atomic E-state index is -0.440. The van der Waals surface area contributed by atoms with Crippen LogP contribution in [0, 0.1) is 10.1 Å². The minimum absolute atomic E-state index is 0.0361. The summed E-state index contributed by atoms with van der Waals surface area (Å²) in [4.78, 5) is 22.4. The Balaban J connectivity index is 1.21. The summed E-state index contributed by atoms with van der Waals surface area (Å²) < 4.78 is 12.5. The van der Waals surface area contributed by atoms with Crippen molar-refractivity contribution >= 4 is 57.3 Å². The number of benzene rings is 3. The molecular formula is C25H22BrN3O5S2. The average Bonchev–Trinajstić information content (AvgIpc) is 3.43. The van der Waals surface area contributed by atoms with Crippen molar-refractivity contribution in [3.05, 3.63) is 98.0 Å². The van der Waals surface area contributed by atoms with Crippen LogP contribution in [0.15, 0.2) is 76.3 Å². The van der Waals surface area contributed by atoms with Crippen LogP contribution < -0.4 is 14.9 Å². The molecule has 3 aromatic carbocycles. The summed E-state index contributed by atoms with van der Waals surface area (Å²) in [6, 6.07) is 19.4. The van der Waals surface area contributed by atoms with Gasteiger partial charge in [0.05, 0.1) is 20.2 Å². The molecule has 0 bridgehead atoms. The van der Waals surface area contributed by atoms with E-state index >= 15 is 0 Å². The molecule has 36 heavy (non-hydrogen) atoms. The number of halogens is 1. The van der Waals surface area contributed by atoms with Crippen LogP contribution in [0.4, 0.5) is 5.69 Å². The molecule has 0 spiro atoms. The molecule has 1 amide bonds. The Hall–Kier alpha value is -3.02. The molecule has 1 heterocycles. The third-order valence-electron chi connectivity index (χ3n) is 5.04. The van der Waals surface area contributed by atoms with Crippen molar-refractivity contribution in [3.8, 4) is 11.5 Å². The lowest BCUT2D eigenvalue weighted by atomic mass is 10.2. The molecule has 4 rings (SSSR count). The maximum Gasteiger partial charge on any atom is 0.277 e.